The molecule has 0 spiro atoms. The van der Waals surface area contributed by atoms with Crippen molar-refractivity contribution in [2.45, 2.75) is 19.1 Å². The molecule has 5 heteroatoms. The van der Waals surface area contributed by atoms with Crippen LogP contribution < -0.4 is 0 Å². The van der Waals surface area contributed by atoms with Gasteiger partial charge in [0.25, 0.3) is 0 Å². The summed E-state index contributed by atoms with van der Waals surface area (Å²) in [4.78, 5) is 0. The van der Waals surface area contributed by atoms with E-state index in [1.807, 2.05) is 0 Å². The van der Waals surface area contributed by atoms with Gasteiger partial charge < -0.3 is 0 Å². The predicted molar refractivity (Wildman–Crippen MR) is 54.3 cm³/mol. The second-order valence-corrected chi connectivity index (χ2v) is 5.74. The molecule has 0 saturated carbocycles. The third kappa shape index (κ3) is 3.27. The highest BCUT2D eigenvalue weighted by atomic mass is 35.7. The van der Waals surface area contributed by atoms with Crippen LogP contribution in [0.5, 0.6) is 0 Å². The normalized spacial score (nSPS) is 11.6. The van der Waals surface area contributed by atoms with Gasteiger partial charge in [0, 0.05) is 10.7 Å². The minimum atomic E-state index is -3.57. The lowest BCUT2D eigenvalue weighted by Crippen LogP contribution is -1.97. The molecule has 0 radical (unpaired) electrons. The van der Waals surface area contributed by atoms with Crippen LogP contribution in [0, 0.1) is 5.82 Å². The quantitative estimate of drug-likeness (QED) is 0.756. The maximum absolute atomic E-state index is 13.0. The van der Waals surface area contributed by atoms with Gasteiger partial charge in [0.2, 0.25) is 9.05 Å². The number of benzene rings is 1. The molecule has 1 rings (SSSR count). The summed E-state index contributed by atoms with van der Waals surface area (Å²) in [7, 11) is 1.52. The largest absolute Gasteiger partial charge is 0.236 e. The van der Waals surface area contributed by atoms with Gasteiger partial charge >= 0.3 is 0 Å². The van der Waals surface area contributed by atoms with Crippen LogP contribution in [0.15, 0.2) is 18.2 Å². The van der Waals surface area contributed by atoms with E-state index in [0.29, 0.717) is 17.5 Å². The van der Waals surface area contributed by atoms with E-state index in [4.69, 9.17) is 10.7 Å². The van der Waals surface area contributed by atoms with Crippen LogP contribution in [-0.2, 0) is 21.2 Å². The van der Waals surface area contributed by atoms with Crippen LogP contribution in [0.3, 0.4) is 0 Å². The van der Waals surface area contributed by atoms with E-state index in [-0.39, 0.29) is 11.6 Å². The zero-order chi connectivity index (χ0) is 10.8. The Kier molecular flexibility index (Phi) is 3.50. The highest BCUT2D eigenvalue weighted by molar-refractivity contribution is 8.13. The lowest BCUT2D eigenvalue weighted by molar-refractivity contribution is 0.605. The van der Waals surface area contributed by atoms with Crippen molar-refractivity contribution >= 4 is 19.7 Å². The molecule has 0 saturated heterocycles. The Balaban J connectivity index is 3.01. The molecule has 0 fully saturated rings. The summed E-state index contributed by atoms with van der Waals surface area (Å²) in [5.41, 5.74) is 1.01. The van der Waals surface area contributed by atoms with Gasteiger partial charge in [0.15, 0.2) is 0 Å². The Morgan fingerprint density at radius 1 is 1.43 bits per heavy atom. The van der Waals surface area contributed by atoms with E-state index in [0.717, 1.165) is 0 Å². The van der Waals surface area contributed by atoms with Gasteiger partial charge in [0.1, 0.15) is 5.82 Å². The molecule has 0 aromatic heterocycles. The molecule has 1 aromatic carbocycles. The van der Waals surface area contributed by atoms with Gasteiger partial charge in [-0.05, 0) is 23.6 Å². The number of halogens is 2. The molecule has 2 nitrogen and oxygen atoms in total. The monoisotopic (exact) mass is 236 g/mol. The number of rotatable bonds is 3. The van der Waals surface area contributed by atoms with Crippen LogP contribution in [-0.4, -0.2) is 8.42 Å². The molecule has 1 aromatic rings. The summed E-state index contributed by atoms with van der Waals surface area (Å²) in [6.45, 7) is 1.80. The molecule has 0 aliphatic heterocycles. The van der Waals surface area contributed by atoms with Crippen molar-refractivity contribution in [1.29, 1.82) is 0 Å². The van der Waals surface area contributed by atoms with Crippen molar-refractivity contribution in [2.75, 3.05) is 0 Å². The van der Waals surface area contributed by atoms with Crippen molar-refractivity contribution in [3.05, 3.63) is 35.1 Å². The van der Waals surface area contributed by atoms with Crippen LogP contribution in [0.2, 0.25) is 0 Å². The molecule has 0 N–H and O–H groups in total. The molecular weight excluding hydrogens is 227 g/mol. The number of hydrogen-bond donors (Lipinski definition) is 0. The summed E-state index contributed by atoms with van der Waals surface area (Å²) in [6, 6.07) is 4.21. The standard InChI is InChI=1S/C9H10ClFO2S/c1-2-8-5-7(3-4-9(8)11)6-14(10,12)13/h3-5H,2,6H2,1H3. The lowest BCUT2D eigenvalue weighted by Gasteiger charge is -2.02. The molecule has 0 amide bonds. The Morgan fingerprint density at radius 2 is 2.07 bits per heavy atom. The Bertz CT molecular complexity index is 428. The van der Waals surface area contributed by atoms with E-state index in [1.54, 1.807) is 6.92 Å². The van der Waals surface area contributed by atoms with Gasteiger partial charge in [-0.25, -0.2) is 12.8 Å². The van der Waals surface area contributed by atoms with Gasteiger partial charge in [0.05, 0.1) is 5.75 Å². The second-order valence-electron chi connectivity index (χ2n) is 2.96. The molecule has 0 heterocycles. The summed E-state index contributed by atoms with van der Waals surface area (Å²) in [5.74, 6) is -0.579. The zero-order valence-electron chi connectivity index (χ0n) is 7.63. The molecule has 0 unspecified atom stereocenters. The van der Waals surface area contributed by atoms with Gasteiger partial charge in [-0.1, -0.05) is 19.1 Å². The van der Waals surface area contributed by atoms with Crippen molar-refractivity contribution in [3.8, 4) is 0 Å². The SMILES string of the molecule is CCc1cc(CS(=O)(=O)Cl)ccc1F. The predicted octanol–water partition coefficient (Wildman–Crippen LogP) is 2.46. The average Bonchev–Trinajstić information content (AvgIpc) is 2.06. The molecule has 0 atom stereocenters. The van der Waals surface area contributed by atoms with E-state index in [2.05, 4.69) is 0 Å². The maximum atomic E-state index is 13.0. The molecule has 0 bridgehead atoms. The summed E-state index contributed by atoms with van der Waals surface area (Å²) < 4.78 is 34.5. The minimum absolute atomic E-state index is 0.262. The molecule has 78 valence electrons. The van der Waals surface area contributed by atoms with Crippen molar-refractivity contribution in [2.24, 2.45) is 0 Å². The highest BCUT2D eigenvalue weighted by Crippen LogP contribution is 2.15. The van der Waals surface area contributed by atoms with E-state index in [1.165, 1.54) is 18.2 Å². The highest BCUT2D eigenvalue weighted by Gasteiger charge is 2.09. The van der Waals surface area contributed by atoms with Gasteiger partial charge in [-0.2, -0.15) is 0 Å². The third-order valence-electron chi connectivity index (χ3n) is 1.83. The first-order valence-corrected chi connectivity index (χ1v) is 6.60. The topological polar surface area (TPSA) is 34.1 Å². The molecular formula is C9H10ClFO2S. The Labute approximate surface area is 87.1 Å². The number of aryl methyl sites for hydroxylation is 1. The van der Waals surface area contributed by atoms with Crippen molar-refractivity contribution in [1.82, 2.24) is 0 Å². The van der Waals surface area contributed by atoms with E-state index >= 15 is 0 Å². The summed E-state index contributed by atoms with van der Waals surface area (Å²) in [5, 5.41) is 0. The number of hydrogen-bond acceptors (Lipinski definition) is 2. The summed E-state index contributed by atoms with van der Waals surface area (Å²) in [6.07, 6.45) is 0.530. The maximum Gasteiger partial charge on any atom is 0.236 e. The van der Waals surface area contributed by atoms with Crippen LogP contribution >= 0.6 is 10.7 Å². The van der Waals surface area contributed by atoms with Crippen LogP contribution in [0.4, 0.5) is 4.39 Å². The molecule has 14 heavy (non-hydrogen) atoms. The fraction of sp³-hybridized carbons (Fsp3) is 0.333. The first-order chi connectivity index (χ1) is 6.42. The van der Waals surface area contributed by atoms with E-state index < -0.39 is 9.05 Å². The molecule has 0 aliphatic carbocycles. The van der Waals surface area contributed by atoms with Crippen molar-refractivity contribution < 1.29 is 12.8 Å². The first kappa shape index (κ1) is 11.5. The minimum Gasteiger partial charge on any atom is -0.212 e. The fourth-order valence-electron chi connectivity index (χ4n) is 1.19. The van der Waals surface area contributed by atoms with E-state index in [9.17, 15) is 12.8 Å². The molecule has 0 aliphatic rings. The Morgan fingerprint density at radius 3 is 2.57 bits per heavy atom. The van der Waals surface area contributed by atoms with Gasteiger partial charge in [-0.3, -0.25) is 0 Å². The summed E-state index contributed by atoms with van der Waals surface area (Å²) >= 11 is 0. The van der Waals surface area contributed by atoms with Gasteiger partial charge in [-0.15, -0.1) is 0 Å². The lowest BCUT2D eigenvalue weighted by atomic mass is 10.1. The first-order valence-electron chi connectivity index (χ1n) is 4.12. The smallest absolute Gasteiger partial charge is 0.212 e. The average molecular weight is 237 g/mol. The van der Waals surface area contributed by atoms with Crippen LogP contribution in [0.25, 0.3) is 0 Å². The fourth-order valence-corrected chi connectivity index (χ4v) is 2.14. The van der Waals surface area contributed by atoms with Crippen LogP contribution in [0.1, 0.15) is 18.1 Å². The van der Waals surface area contributed by atoms with Crippen molar-refractivity contribution in [3.63, 3.8) is 0 Å². The Hall–Kier alpha value is -0.610. The second kappa shape index (κ2) is 4.28. The third-order valence-corrected chi connectivity index (χ3v) is 2.84. The zero-order valence-corrected chi connectivity index (χ0v) is 9.20.